The number of carbonyl (C=O) groups is 1. The van der Waals surface area contributed by atoms with Crippen LogP contribution in [0.3, 0.4) is 0 Å². The molecule has 8 heteroatoms. The van der Waals surface area contributed by atoms with Crippen LogP contribution >= 0.6 is 0 Å². The SMILES string of the molecule is CCCN(CCC)CCCCN1CCc2cc(CN(Cc3ncc[nH]3)Cc3nccn3C)ccc2C1=O. The van der Waals surface area contributed by atoms with E-state index < -0.39 is 0 Å². The molecule has 1 aromatic carbocycles. The lowest BCUT2D eigenvalue weighted by atomic mass is 9.96. The van der Waals surface area contributed by atoms with Crippen molar-refractivity contribution < 1.29 is 4.79 Å². The Bertz CT molecular complexity index is 1100. The summed E-state index contributed by atoms with van der Waals surface area (Å²) in [6.07, 6.45) is 13.0. The number of imidazole rings is 2. The van der Waals surface area contributed by atoms with Gasteiger partial charge in [0.1, 0.15) is 11.6 Å². The van der Waals surface area contributed by atoms with Gasteiger partial charge in [-0.2, -0.15) is 0 Å². The molecule has 0 unspecified atom stereocenters. The van der Waals surface area contributed by atoms with Gasteiger partial charge in [0, 0.05) is 57.0 Å². The molecule has 0 radical (unpaired) electrons. The topological polar surface area (TPSA) is 73.3 Å². The lowest BCUT2D eigenvalue weighted by Crippen LogP contribution is -2.38. The zero-order valence-electron chi connectivity index (χ0n) is 22.8. The first-order valence-electron chi connectivity index (χ1n) is 13.9. The molecule has 200 valence electrons. The van der Waals surface area contributed by atoms with E-state index in [1.54, 1.807) is 6.20 Å². The van der Waals surface area contributed by atoms with Crippen LogP contribution in [0.4, 0.5) is 0 Å². The molecule has 0 fully saturated rings. The molecule has 3 heterocycles. The first-order chi connectivity index (χ1) is 18.1. The molecule has 0 saturated heterocycles. The number of carbonyl (C=O) groups excluding carboxylic acids is 1. The van der Waals surface area contributed by atoms with Crippen molar-refractivity contribution in [2.24, 2.45) is 7.05 Å². The van der Waals surface area contributed by atoms with Crippen LogP contribution in [0.2, 0.25) is 0 Å². The Morgan fingerprint density at radius 2 is 1.81 bits per heavy atom. The molecule has 37 heavy (non-hydrogen) atoms. The van der Waals surface area contributed by atoms with E-state index >= 15 is 0 Å². The summed E-state index contributed by atoms with van der Waals surface area (Å²) in [5.41, 5.74) is 3.26. The number of amides is 1. The number of aromatic amines is 1. The Morgan fingerprint density at radius 3 is 2.51 bits per heavy atom. The van der Waals surface area contributed by atoms with Gasteiger partial charge in [-0.05, 0) is 68.9 Å². The quantitative estimate of drug-likeness (QED) is 0.313. The van der Waals surface area contributed by atoms with Gasteiger partial charge in [0.25, 0.3) is 5.91 Å². The van der Waals surface area contributed by atoms with Crippen LogP contribution in [0.5, 0.6) is 0 Å². The zero-order chi connectivity index (χ0) is 26.0. The van der Waals surface area contributed by atoms with Crippen molar-refractivity contribution in [3.8, 4) is 0 Å². The summed E-state index contributed by atoms with van der Waals surface area (Å²) < 4.78 is 2.06. The molecular formula is C29H43N7O. The Labute approximate surface area is 221 Å². The number of aromatic nitrogens is 4. The second-order valence-corrected chi connectivity index (χ2v) is 10.2. The number of aryl methyl sites for hydroxylation is 1. The van der Waals surface area contributed by atoms with Crippen molar-refractivity contribution in [2.45, 2.75) is 65.6 Å². The first kappa shape index (κ1) is 27.1. The average Bonchev–Trinajstić information content (AvgIpc) is 3.55. The number of nitrogens with one attached hydrogen (secondary N) is 1. The second-order valence-electron chi connectivity index (χ2n) is 10.2. The first-order valence-corrected chi connectivity index (χ1v) is 13.9. The summed E-state index contributed by atoms with van der Waals surface area (Å²) in [7, 11) is 2.02. The fourth-order valence-corrected chi connectivity index (χ4v) is 5.28. The molecule has 0 aliphatic carbocycles. The highest BCUT2D eigenvalue weighted by Crippen LogP contribution is 2.22. The number of nitrogens with zero attached hydrogens (tertiary/aromatic N) is 6. The van der Waals surface area contributed by atoms with Gasteiger partial charge in [-0.1, -0.05) is 26.0 Å². The highest BCUT2D eigenvalue weighted by Gasteiger charge is 2.24. The maximum atomic E-state index is 13.2. The summed E-state index contributed by atoms with van der Waals surface area (Å²) in [5.74, 6) is 2.14. The van der Waals surface area contributed by atoms with Gasteiger partial charge in [-0.15, -0.1) is 0 Å². The molecule has 0 atom stereocenters. The van der Waals surface area contributed by atoms with Gasteiger partial charge in [-0.25, -0.2) is 9.97 Å². The molecule has 1 N–H and O–H groups in total. The predicted octanol–water partition coefficient (Wildman–Crippen LogP) is 4.25. The Hall–Kier alpha value is -2.97. The van der Waals surface area contributed by atoms with E-state index in [2.05, 4.69) is 60.2 Å². The largest absolute Gasteiger partial charge is 0.348 e. The van der Waals surface area contributed by atoms with Crippen LogP contribution in [0, 0.1) is 0 Å². The van der Waals surface area contributed by atoms with Gasteiger partial charge in [0.05, 0.1) is 13.1 Å². The maximum absolute atomic E-state index is 13.2. The lowest BCUT2D eigenvalue weighted by molar-refractivity contribution is 0.0735. The third-order valence-corrected chi connectivity index (χ3v) is 7.19. The van der Waals surface area contributed by atoms with Crippen LogP contribution in [0.25, 0.3) is 0 Å². The molecule has 8 nitrogen and oxygen atoms in total. The fraction of sp³-hybridized carbons (Fsp3) is 0.552. The highest BCUT2D eigenvalue weighted by molar-refractivity contribution is 5.96. The Balaban J connectivity index is 1.35. The van der Waals surface area contributed by atoms with Gasteiger partial charge >= 0.3 is 0 Å². The van der Waals surface area contributed by atoms with Gasteiger partial charge in [0.15, 0.2) is 0 Å². The molecule has 4 rings (SSSR count). The Kier molecular flexibility index (Phi) is 9.91. The van der Waals surface area contributed by atoms with Crippen molar-refractivity contribution in [3.05, 3.63) is 71.3 Å². The molecule has 2 aromatic heterocycles. The second kappa shape index (κ2) is 13.5. The average molecular weight is 506 g/mol. The van der Waals surface area contributed by atoms with E-state index in [0.717, 1.165) is 69.2 Å². The smallest absolute Gasteiger partial charge is 0.254 e. The van der Waals surface area contributed by atoms with Gasteiger partial charge in [-0.3, -0.25) is 9.69 Å². The van der Waals surface area contributed by atoms with Gasteiger partial charge < -0.3 is 19.4 Å². The summed E-state index contributed by atoms with van der Waals surface area (Å²) in [4.78, 5) is 32.3. The van der Waals surface area contributed by atoms with Crippen molar-refractivity contribution >= 4 is 5.91 Å². The van der Waals surface area contributed by atoms with Crippen molar-refractivity contribution in [1.29, 1.82) is 0 Å². The summed E-state index contributed by atoms with van der Waals surface area (Å²) in [6, 6.07) is 6.38. The molecule has 0 saturated carbocycles. The number of fused-ring (bicyclic) bond motifs is 1. The van der Waals surface area contributed by atoms with Crippen LogP contribution in [0.15, 0.2) is 43.0 Å². The van der Waals surface area contributed by atoms with E-state index in [1.807, 2.05) is 31.7 Å². The molecule has 3 aromatic rings. The van der Waals surface area contributed by atoms with Crippen LogP contribution in [0.1, 0.15) is 72.7 Å². The minimum absolute atomic E-state index is 0.187. The third-order valence-electron chi connectivity index (χ3n) is 7.19. The predicted molar refractivity (Wildman–Crippen MR) is 147 cm³/mol. The fourth-order valence-electron chi connectivity index (χ4n) is 5.28. The molecule has 0 spiro atoms. The minimum Gasteiger partial charge on any atom is -0.348 e. The minimum atomic E-state index is 0.187. The van der Waals surface area contributed by atoms with Crippen LogP contribution in [-0.2, 0) is 33.1 Å². The van der Waals surface area contributed by atoms with Gasteiger partial charge in [0.2, 0.25) is 0 Å². The van der Waals surface area contributed by atoms with Crippen molar-refractivity contribution in [3.63, 3.8) is 0 Å². The third kappa shape index (κ3) is 7.52. The molecule has 1 amide bonds. The molecule has 1 aliphatic heterocycles. The summed E-state index contributed by atoms with van der Waals surface area (Å²) in [6.45, 7) is 11.8. The number of unbranched alkanes of at least 4 members (excludes halogenated alkanes) is 1. The maximum Gasteiger partial charge on any atom is 0.254 e. The highest BCUT2D eigenvalue weighted by atomic mass is 16.2. The van der Waals surface area contributed by atoms with E-state index in [4.69, 9.17) is 0 Å². The van der Waals surface area contributed by atoms with Crippen molar-refractivity contribution in [1.82, 2.24) is 34.2 Å². The molecular weight excluding hydrogens is 462 g/mol. The number of hydrogen-bond acceptors (Lipinski definition) is 5. The van der Waals surface area contributed by atoms with Crippen molar-refractivity contribution in [2.75, 3.05) is 32.7 Å². The Morgan fingerprint density at radius 1 is 0.973 bits per heavy atom. The van der Waals surface area contributed by atoms with Crippen LogP contribution in [-0.4, -0.2) is 72.8 Å². The standard InChI is InChI=1S/C29H43N7O/c1-4-14-34(15-5-2)16-6-7-17-36-18-10-25-20-24(8-9-26(25)29(36)37)21-35(22-27-30-11-12-31-27)23-28-32-13-19-33(28)3/h8-9,11-13,19-20H,4-7,10,14-18,21-23H2,1-3H3,(H,30,31). The number of rotatable bonds is 15. The number of benzene rings is 1. The number of hydrogen-bond donors (Lipinski definition) is 1. The monoisotopic (exact) mass is 505 g/mol. The van der Waals surface area contributed by atoms with E-state index in [9.17, 15) is 4.79 Å². The van der Waals surface area contributed by atoms with Crippen LogP contribution < -0.4 is 0 Å². The van der Waals surface area contributed by atoms with E-state index in [1.165, 1.54) is 37.1 Å². The van der Waals surface area contributed by atoms with E-state index in [-0.39, 0.29) is 5.91 Å². The molecule has 1 aliphatic rings. The summed E-state index contributed by atoms with van der Waals surface area (Å²) >= 11 is 0. The lowest BCUT2D eigenvalue weighted by Gasteiger charge is -2.30. The summed E-state index contributed by atoms with van der Waals surface area (Å²) in [5, 5.41) is 0. The normalized spacial score (nSPS) is 13.6. The van der Waals surface area contributed by atoms with E-state index in [0.29, 0.717) is 6.54 Å². The zero-order valence-corrected chi connectivity index (χ0v) is 22.8. The molecule has 0 bridgehead atoms. The number of H-pyrrole nitrogens is 1.